The average molecular weight is 546 g/mol. The standard InChI is InChI=1S/C35H63NO3/c1-22-21-27-33(8)17-13-23(2)32(6,7)26(33)15-19-34(27,9)35(10)18-14-25(28(22)35)31(4,5)16-12-20-36-29(24(3)37)30(38)39-11/h22-29,36-37H,12-21H2,1-11H3/t22?,23-,24+,25?,26?,27?,28+,29+,33-,34+,35+/m0/s1. The van der Waals surface area contributed by atoms with E-state index in [1.165, 1.54) is 52.1 Å². The van der Waals surface area contributed by atoms with Gasteiger partial charge in [0, 0.05) is 0 Å². The van der Waals surface area contributed by atoms with Crippen LogP contribution in [0.25, 0.3) is 0 Å². The molecular weight excluding hydrogens is 482 g/mol. The molecule has 226 valence electrons. The summed E-state index contributed by atoms with van der Waals surface area (Å²) in [7, 11) is 1.39. The molecule has 4 fully saturated rings. The second kappa shape index (κ2) is 10.6. The molecule has 4 heteroatoms. The van der Waals surface area contributed by atoms with E-state index < -0.39 is 12.1 Å². The van der Waals surface area contributed by atoms with Gasteiger partial charge in [-0.3, -0.25) is 4.79 Å². The molecule has 4 aliphatic rings. The number of nitrogens with one attached hydrogen (secondary N) is 1. The van der Waals surface area contributed by atoms with E-state index in [1.807, 2.05) is 0 Å². The van der Waals surface area contributed by atoms with Crippen LogP contribution in [-0.4, -0.2) is 36.9 Å². The molecule has 4 rings (SSSR count). The van der Waals surface area contributed by atoms with Crippen molar-refractivity contribution in [1.29, 1.82) is 0 Å². The minimum Gasteiger partial charge on any atom is -0.468 e. The van der Waals surface area contributed by atoms with Crippen LogP contribution in [-0.2, 0) is 9.53 Å². The van der Waals surface area contributed by atoms with E-state index in [-0.39, 0.29) is 11.4 Å². The lowest BCUT2D eigenvalue weighted by Crippen LogP contribution is -2.64. The molecule has 0 radical (unpaired) electrons. The maximum atomic E-state index is 12.0. The van der Waals surface area contributed by atoms with Crippen LogP contribution in [0, 0.1) is 62.6 Å². The first-order valence-corrected chi connectivity index (χ1v) is 16.5. The van der Waals surface area contributed by atoms with Gasteiger partial charge in [-0.05, 0) is 134 Å². The number of aliphatic hydroxyl groups excluding tert-OH is 1. The first kappa shape index (κ1) is 31.3. The number of methoxy groups -OCH3 is 1. The van der Waals surface area contributed by atoms with Crippen LogP contribution in [0.5, 0.6) is 0 Å². The summed E-state index contributed by atoms with van der Waals surface area (Å²) in [6, 6.07) is -0.646. The van der Waals surface area contributed by atoms with Crippen LogP contribution in [0.2, 0.25) is 0 Å². The predicted octanol–water partition coefficient (Wildman–Crippen LogP) is 7.87. The molecule has 2 N–H and O–H groups in total. The Balaban J connectivity index is 1.50. The normalized spacial score (nSPS) is 45.0. The fraction of sp³-hybridized carbons (Fsp3) is 0.971. The number of hydrogen-bond acceptors (Lipinski definition) is 4. The number of fused-ring (bicyclic) bond motifs is 5. The van der Waals surface area contributed by atoms with Gasteiger partial charge in [-0.15, -0.1) is 0 Å². The number of ether oxygens (including phenoxy) is 1. The van der Waals surface area contributed by atoms with Crippen molar-refractivity contribution in [3.05, 3.63) is 0 Å². The van der Waals surface area contributed by atoms with Crippen LogP contribution in [0.15, 0.2) is 0 Å². The van der Waals surface area contributed by atoms with Gasteiger partial charge in [0.05, 0.1) is 13.2 Å². The highest BCUT2D eigenvalue weighted by Gasteiger charge is 2.70. The number of carbonyl (C=O) groups is 1. The lowest BCUT2D eigenvalue weighted by atomic mass is 9.34. The van der Waals surface area contributed by atoms with Crippen LogP contribution in [0.4, 0.5) is 0 Å². The van der Waals surface area contributed by atoms with Crippen molar-refractivity contribution in [2.45, 2.75) is 139 Å². The quantitative estimate of drug-likeness (QED) is 0.241. The van der Waals surface area contributed by atoms with Crippen molar-refractivity contribution in [3.8, 4) is 0 Å². The fourth-order valence-corrected chi connectivity index (χ4v) is 11.8. The average Bonchev–Trinajstić information content (AvgIpc) is 3.23. The van der Waals surface area contributed by atoms with E-state index in [0.717, 1.165) is 54.9 Å². The molecule has 4 nitrogen and oxygen atoms in total. The van der Waals surface area contributed by atoms with Gasteiger partial charge in [-0.2, -0.15) is 0 Å². The topological polar surface area (TPSA) is 58.6 Å². The fourth-order valence-electron chi connectivity index (χ4n) is 11.8. The van der Waals surface area contributed by atoms with Gasteiger partial charge >= 0.3 is 5.97 Å². The lowest BCUT2D eigenvalue weighted by Gasteiger charge is -2.71. The number of hydrogen-bond donors (Lipinski definition) is 2. The highest BCUT2D eigenvalue weighted by atomic mass is 16.5. The zero-order valence-electron chi connectivity index (χ0n) is 27.5. The molecule has 4 unspecified atom stereocenters. The molecule has 0 amide bonds. The Labute approximate surface area is 241 Å². The summed E-state index contributed by atoms with van der Waals surface area (Å²) in [6.07, 6.45) is 11.2. The zero-order chi connectivity index (χ0) is 29.2. The number of rotatable bonds is 8. The molecule has 0 aliphatic heterocycles. The SMILES string of the molecule is COC(=O)[C@H](NCCCC(C)(C)C1CC[C@]2(C)[C@@H]1C(C)CC1[C@@]3(C)CC[C@H](C)C(C)(C)C3CC[C@]12C)[C@@H](C)O. The number of aliphatic hydroxyl groups is 1. The molecular formula is C35H63NO3. The van der Waals surface area contributed by atoms with E-state index in [0.29, 0.717) is 21.7 Å². The van der Waals surface area contributed by atoms with Gasteiger partial charge in [0.15, 0.2) is 0 Å². The van der Waals surface area contributed by atoms with Crippen molar-refractivity contribution >= 4 is 5.97 Å². The highest BCUT2D eigenvalue weighted by molar-refractivity contribution is 5.76. The molecule has 0 spiro atoms. The molecule has 0 saturated heterocycles. The van der Waals surface area contributed by atoms with Crippen molar-refractivity contribution in [1.82, 2.24) is 5.32 Å². The van der Waals surface area contributed by atoms with E-state index in [9.17, 15) is 9.90 Å². The Hall–Kier alpha value is -0.610. The van der Waals surface area contributed by atoms with Crippen molar-refractivity contribution < 1.29 is 14.6 Å². The molecule has 0 aromatic rings. The number of carbonyl (C=O) groups excluding carboxylic acids is 1. The Bertz CT molecular complexity index is 896. The second-order valence-corrected chi connectivity index (χ2v) is 16.9. The minimum absolute atomic E-state index is 0.260. The Morgan fingerprint density at radius 3 is 2.26 bits per heavy atom. The number of esters is 1. The molecule has 0 heterocycles. The highest BCUT2D eigenvalue weighted by Crippen LogP contribution is 2.77. The Kier molecular flexibility index (Phi) is 8.50. The summed E-state index contributed by atoms with van der Waals surface area (Å²) < 4.78 is 4.88. The summed E-state index contributed by atoms with van der Waals surface area (Å²) in [4.78, 5) is 12.0. The Morgan fingerprint density at radius 2 is 1.64 bits per heavy atom. The van der Waals surface area contributed by atoms with E-state index >= 15 is 0 Å². The molecule has 0 bridgehead atoms. The second-order valence-electron chi connectivity index (χ2n) is 16.9. The van der Waals surface area contributed by atoms with Crippen molar-refractivity contribution in [3.63, 3.8) is 0 Å². The summed E-state index contributed by atoms with van der Waals surface area (Å²) in [5, 5.41) is 13.3. The summed E-state index contributed by atoms with van der Waals surface area (Å²) in [6.45, 7) is 25.9. The van der Waals surface area contributed by atoms with Crippen LogP contribution < -0.4 is 5.32 Å². The summed E-state index contributed by atoms with van der Waals surface area (Å²) in [5.74, 6) is 4.46. The van der Waals surface area contributed by atoms with Gasteiger partial charge in [0.1, 0.15) is 6.04 Å². The predicted molar refractivity (Wildman–Crippen MR) is 161 cm³/mol. The van der Waals surface area contributed by atoms with Crippen LogP contribution in [0.3, 0.4) is 0 Å². The van der Waals surface area contributed by atoms with Gasteiger partial charge in [0.2, 0.25) is 0 Å². The molecule has 11 atom stereocenters. The third-order valence-corrected chi connectivity index (χ3v) is 14.6. The minimum atomic E-state index is -0.757. The molecule has 4 saturated carbocycles. The molecule has 0 aromatic carbocycles. The van der Waals surface area contributed by atoms with E-state index in [1.54, 1.807) is 6.92 Å². The first-order valence-electron chi connectivity index (χ1n) is 16.5. The maximum absolute atomic E-state index is 12.0. The smallest absolute Gasteiger partial charge is 0.325 e. The zero-order valence-corrected chi connectivity index (χ0v) is 27.5. The molecule has 39 heavy (non-hydrogen) atoms. The molecule has 0 aromatic heterocycles. The summed E-state index contributed by atoms with van der Waals surface area (Å²) >= 11 is 0. The van der Waals surface area contributed by atoms with Gasteiger partial charge in [-0.25, -0.2) is 0 Å². The largest absolute Gasteiger partial charge is 0.468 e. The maximum Gasteiger partial charge on any atom is 0.325 e. The van der Waals surface area contributed by atoms with E-state index in [4.69, 9.17) is 4.74 Å². The van der Waals surface area contributed by atoms with Crippen molar-refractivity contribution in [2.24, 2.45) is 62.6 Å². The lowest BCUT2D eigenvalue weighted by molar-refractivity contribution is -0.225. The van der Waals surface area contributed by atoms with Gasteiger partial charge in [0.25, 0.3) is 0 Å². The third-order valence-electron chi connectivity index (χ3n) is 14.6. The van der Waals surface area contributed by atoms with Crippen LogP contribution in [0.1, 0.15) is 127 Å². The van der Waals surface area contributed by atoms with Crippen molar-refractivity contribution in [2.75, 3.05) is 13.7 Å². The van der Waals surface area contributed by atoms with Crippen LogP contribution >= 0.6 is 0 Å². The van der Waals surface area contributed by atoms with E-state index in [2.05, 4.69) is 67.6 Å². The molecule has 4 aliphatic carbocycles. The summed E-state index contributed by atoms with van der Waals surface area (Å²) in [5.41, 5.74) is 2.04. The monoisotopic (exact) mass is 545 g/mol. The van der Waals surface area contributed by atoms with Gasteiger partial charge < -0.3 is 15.2 Å². The first-order chi connectivity index (χ1) is 18.0. The third kappa shape index (κ3) is 4.84. The van der Waals surface area contributed by atoms with Gasteiger partial charge in [-0.1, -0.05) is 62.3 Å². The Morgan fingerprint density at radius 1 is 1.00 bits per heavy atom.